The Bertz CT molecular complexity index is 1140. The van der Waals surface area contributed by atoms with Gasteiger partial charge in [0.25, 0.3) is 0 Å². The monoisotopic (exact) mass is 571 g/mol. The van der Waals surface area contributed by atoms with Gasteiger partial charge in [-0.15, -0.1) is 0 Å². The minimum atomic E-state index is -1.13. The number of nitrogens with zero attached hydrogens (tertiary/aromatic N) is 2. The fourth-order valence-corrected chi connectivity index (χ4v) is 5.19. The lowest BCUT2D eigenvalue weighted by molar-refractivity contribution is -0.142. The number of nitrogens with one attached hydrogen (secondary N) is 2. The summed E-state index contributed by atoms with van der Waals surface area (Å²) in [6, 6.07) is 5.12. The minimum absolute atomic E-state index is 0.00535. The van der Waals surface area contributed by atoms with Crippen LogP contribution in [0.15, 0.2) is 30.3 Å². The van der Waals surface area contributed by atoms with E-state index in [0.29, 0.717) is 19.4 Å². The predicted molar refractivity (Wildman–Crippen MR) is 149 cm³/mol. The Morgan fingerprint density at radius 2 is 1.68 bits per heavy atom. The highest BCUT2D eigenvalue weighted by molar-refractivity contribution is 6.02. The molecule has 2 aliphatic heterocycles. The van der Waals surface area contributed by atoms with Crippen molar-refractivity contribution in [1.82, 2.24) is 20.4 Å². The van der Waals surface area contributed by atoms with E-state index >= 15 is 0 Å². The second-order valence-corrected chi connectivity index (χ2v) is 11.4. The van der Waals surface area contributed by atoms with Gasteiger partial charge < -0.3 is 26.0 Å². The van der Waals surface area contributed by atoms with Gasteiger partial charge in [0, 0.05) is 13.0 Å². The van der Waals surface area contributed by atoms with Crippen molar-refractivity contribution in [2.75, 3.05) is 6.54 Å². The largest absolute Gasteiger partial charge is 0.444 e. The lowest BCUT2D eigenvalue weighted by Crippen LogP contribution is -2.59. The highest BCUT2D eigenvalue weighted by Crippen LogP contribution is 2.22. The van der Waals surface area contributed by atoms with E-state index in [-0.39, 0.29) is 37.7 Å². The van der Waals surface area contributed by atoms with Gasteiger partial charge >= 0.3 is 6.09 Å². The van der Waals surface area contributed by atoms with Gasteiger partial charge in [0.05, 0.1) is 0 Å². The van der Waals surface area contributed by atoms with E-state index in [1.54, 1.807) is 38.1 Å². The third-order valence-electron chi connectivity index (χ3n) is 7.35. The zero-order valence-electron chi connectivity index (χ0n) is 24.1. The standard InChI is InChI=1S/C29H41N5O7/c1-17(2)15-20(26(37)32-24(18(3)4)28(39)33-14-8-11-21(33)25(30)36)31-27(38)22-12-13-23(35)34(22)29(40)41-16-19-9-6-5-7-10-19/h5-7,9-10,17-18,20-22,24H,8,11-16H2,1-4H3,(H2,30,36)(H,31,38)(H,32,37). The van der Waals surface area contributed by atoms with Gasteiger partial charge in [-0.3, -0.25) is 24.0 Å². The van der Waals surface area contributed by atoms with Crippen LogP contribution < -0.4 is 16.4 Å². The molecule has 0 bridgehead atoms. The van der Waals surface area contributed by atoms with Crippen LogP contribution in [-0.2, 0) is 35.3 Å². The van der Waals surface area contributed by atoms with Crippen molar-refractivity contribution in [2.45, 2.75) is 90.6 Å². The van der Waals surface area contributed by atoms with E-state index in [0.717, 1.165) is 10.5 Å². The molecular weight excluding hydrogens is 530 g/mol. The fraction of sp³-hybridized carbons (Fsp3) is 0.586. The number of amides is 6. The molecule has 2 heterocycles. The second-order valence-electron chi connectivity index (χ2n) is 11.4. The van der Waals surface area contributed by atoms with Crippen LogP contribution >= 0.6 is 0 Å². The first-order chi connectivity index (χ1) is 19.4. The molecule has 2 fully saturated rings. The smallest absolute Gasteiger partial charge is 0.417 e. The van der Waals surface area contributed by atoms with Gasteiger partial charge in [-0.1, -0.05) is 58.0 Å². The first-order valence-corrected chi connectivity index (χ1v) is 14.1. The van der Waals surface area contributed by atoms with E-state index < -0.39 is 59.8 Å². The Kier molecular flexibility index (Phi) is 10.8. The van der Waals surface area contributed by atoms with Gasteiger partial charge in [-0.25, -0.2) is 9.69 Å². The molecule has 0 saturated carbocycles. The SMILES string of the molecule is CC(C)CC(NC(=O)C1CCC(=O)N1C(=O)OCc1ccccc1)C(=O)NC(C(=O)N1CCCC1C(N)=O)C(C)C. The van der Waals surface area contributed by atoms with Crippen molar-refractivity contribution in [1.29, 1.82) is 0 Å². The summed E-state index contributed by atoms with van der Waals surface area (Å²) in [5, 5.41) is 5.46. The van der Waals surface area contributed by atoms with Crippen molar-refractivity contribution < 1.29 is 33.5 Å². The number of ether oxygens (including phenoxy) is 1. The van der Waals surface area contributed by atoms with Gasteiger partial charge in [-0.2, -0.15) is 0 Å². The highest BCUT2D eigenvalue weighted by atomic mass is 16.6. The number of nitrogens with two attached hydrogens (primary N) is 1. The normalized spacial score (nSPS) is 20.2. The maximum atomic E-state index is 13.5. The van der Waals surface area contributed by atoms with Crippen LogP contribution in [0, 0.1) is 11.8 Å². The molecule has 0 aromatic heterocycles. The van der Waals surface area contributed by atoms with Crippen LogP contribution in [0.5, 0.6) is 0 Å². The van der Waals surface area contributed by atoms with Gasteiger partial charge in [0.15, 0.2) is 0 Å². The van der Waals surface area contributed by atoms with E-state index in [9.17, 15) is 28.8 Å². The van der Waals surface area contributed by atoms with E-state index in [1.807, 2.05) is 19.9 Å². The number of carbonyl (C=O) groups excluding carboxylic acids is 6. The number of hydrogen-bond donors (Lipinski definition) is 3. The van der Waals surface area contributed by atoms with Gasteiger partial charge in [0.1, 0.15) is 30.8 Å². The van der Waals surface area contributed by atoms with Crippen LogP contribution in [0.25, 0.3) is 0 Å². The Balaban J connectivity index is 1.70. The number of primary amides is 1. The third kappa shape index (κ3) is 8.05. The average Bonchev–Trinajstić information content (AvgIpc) is 3.57. The van der Waals surface area contributed by atoms with Crippen LogP contribution in [0.3, 0.4) is 0 Å². The number of benzene rings is 1. The summed E-state index contributed by atoms with van der Waals surface area (Å²) in [6.45, 7) is 7.61. The Hall–Kier alpha value is -3.96. The van der Waals surface area contributed by atoms with E-state index in [4.69, 9.17) is 10.5 Å². The molecule has 4 N–H and O–H groups in total. The van der Waals surface area contributed by atoms with Gasteiger partial charge in [0.2, 0.25) is 29.5 Å². The molecule has 2 saturated heterocycles. The summed E-state index contributed by atoms with van der Waals surface area (Å²) >= 11 is 0. The quantitative estimate of drug-likeness (QED) is 0.361. The molecule has 6 amide bonds. The van der Waals surface area contributed by atoms with E-state index in [2.05, 4.69) is 10.6 Å². The number of hydrogen-bond acceptors (Lipinski definition) is 7. The molecule has 12 heteroatoms. The fourth-order valence-electron chi connectivity index (χ4n) is 5.19. The molecular formula is C29H41N5O7. The molecule has 0 aliphatic carbocycles. The third-order valence-corrected chi connectivity index (χ3v) is 7.35. The topological polar surface area (TPSA) is 168 Å². The number of rotatable bonds is 11. The maximum Gasteiger partial charge on any atom is 0.417 e. The lowest BCUT2D eigenvalue weighted by Gasteiger charge is -2.31. The van der Waals surface area contributed by atoms with E-state index in [1.165, 1.54) is 4.90 Å². The summed E-state index contributed by atoms with van der Waals surface area (Å²) in [7, 11) is 0. The van der Waals surface area contributed by atoms with Crippen molar-refractivity contribution in [3.8, 4) is 0 Å². The summed E-state index contributed by atoms with van der Waals surface area (Å²) in [6.07, 6.45) is 0.507. The summed E-state index contributed by atoms with van der Waals surface area (Å²) in [5.74, 6) is -3.07. The Morgan fingerprint density at radius 3 is 2.29 bits per heavy atom. The van der Waals surface area contributed by atoms with Crippen LogP contribution in [-0.4, -0.2) is 76.1 Å². The number of imide groups is 1. The molecule has 2 aliphatic rings. The van der Waals surface area contributed by atoms with Crippen molar-refractivity contribution in [3.63, 3.8) is 0 Å². The van der Waals surface area contributed by atoms with Crippen LogP contribution in [0.4, 0.5) is 4.79 Å². The molecule has 41 heavy (non-hydrogen) atoms. The van der Waals surface area contributed by atoms with Crippen LogP contribution in [0.2, 0.25) is 0 Å². The highest BCUT2D eigenvalue weighted by Gasteiger charge is 2.43. The zero-order valence-corrected chi connectivity index (χ0v) is 24.1. The number of carbonyl (C=O) groups is 6. The molecule has 4 unspecified atom stereocenters. The van der Waals surface area contributed by atoms with Crippen LogP contribution in [0.1, 0.15) is 65.4 Å². The Morgan fingerprint density at radius 1 is 1.00 bits per heavy atom. The summed E-state index contributed by atoms with van der Waals surface area (Å²) < 4.78 is 5.29. The maximum absolute atomic E-state index is 13.5. The summed E-state index contributed by atoms with van der Waals surface area (Å²) in [4.78, 5) is 79.5. The zero-order chi connectivity index (χ0) is 30.3. The average molecular weight is 572 g/mol. The molecule has 0 radical (unpaired) electrons. The molecule has 224 valence electrons. The lowest BCUT2D eigenvalue weighted by atomic mass is 9.99. The molecule has 1 aromatic rings. The summed E-state index contributed by atoms with van der Waals surface area (Å²) in [5.41, 5.74) is 6.21. The minimum Gasteiger partial charge on any atom is -0.444 e. The molecule has 4 atom stereocenters. The van der Waals surface area contributed by atoms with Gasteiger partial charge in [-0.05, 0) is 43.1 Å². The number of likely N-dealkylation sites (tertiary alicyclic amines) is 2. The second kappa shape index (κ2) is 14.1. The first-order valence-electron chi connectivity index (χ1n) is 14.1. The molecule has 3 rings (SSSR count). The van der Waals surface area contributed by atoms with Crippen molar-refractivity contribution in [2.24, 2.45) is 17.6 Å². The van der Waals surface area contributed by atoms with Crippen molar-refractivity contribution >= 4 is 35.6 Å². The van der Waals surface area contributed by atoms with Crippen molar-refractivity contribution in [3.05, 3.63) is 35.9 Å². The Labute approximate surface area is 240 Å². The molecule has 1 aromatic carbocycles. The molecule has 0 spiro atoms. The molecule has 12 nitrogen and oxygen atoms in total. The predicted octanol–water partition coefficient (Wildman–Crippen LogP) is 1.46. The first kappa shape index (κ1) is 31.6.